The fraction of sp³-hybridized carbons (Fsp3) is 0.938. The molecule has 0 aromatic rings. The first-order valence-corrected chi connectivity index (χ1v) is 9.74. The molecule has 3 N–H and O–H groups in total. The van der Waals surface area contributed by atoms with E-state index in [0.717, 1.165) is 36.0 Å². The van der Waals surface area contributed by atoms with E-state index in [1.165, 1.54) is 32.1 Å². The van der Waals surface area contributed by atoms with Crippen molar-refractivity contribution in [3.63, 3.8) is 0 Å². The zero-order valence-electron chi connectivity index (χ0n) is 13.8. The number of nitrogens with one attached hydrogen (secondary N) is 2. The highest BCUT2D eigenvalue weighted by molar-refractivity contribution is 7.99. The van der Waals surface area contributed by atoms with Crippen molar-refractivity contribution in [1.82, 2.24) is 15.5 Å². The zero-order chi connectivity index (χ0) is 15.6. The van der Waals surface area contributed by atoms with Gasteiger partial charge < -0.3 is 20.6 Å². The lowest BCUT2D eigenvalue weighted by Crippen LogP contribution is -2.57. The molecule has 0 radical (unpaired) electrons. The molecule has 0 aromatic carbocycles. The van der Waals surface area contributed by atoms with Gasteiger partial charge in [-0.25, -0.2) is 0 Å². The van der Waals surface area contributed by atoms with E-state index < -0.39 is 5.60 Å². The maximum absolute atomic E-state index is 10.4. The molecule has 2 bridgehead atoms. The van der Waals surface area contributed by atoms with Crippen molar-refractivity contribution in [3.8, 4) is 0 Å². The van der Waals surface area contributed by atoms with E-state index in [2.05, 4.69) is 27.6 Å². The van der Waals surface area contributed by atoms with Gasteiger partial charge in [-0.05, 0) is 44.9 Å². The summed E-state index contributed by atoms with van der Waals surface area (Å²) in [7, 11) is 4.10. The Morgan fingerprint density at radius 2 is 2.09 bits per heavy atom. The van der Waals surface area contributed by atoms with Crippen LogP contribution in [0.1, 0.15) is 38.5 Å². The van der Waals surface area contributed by atoms with Crippen LogP contribution in [0.4, 0.5) is 0 Å². The monoisotopic (exact) mass is 326 g/mol. The average Bonchev–Trinajstić information content (AvgIpc) is 2.91. The van der Waals surface area contributed by atoms with Crippen LogP contribution in [0.5, 0.6) is 0 Å². The maximum atomic E-state index is 10.4. The Morgan fingerprint density at radius 3 is 2.68 bits per heavy atom. The highest BCUT2D eigenvalue weighted by Crippen LogP contribution is 2.32. The van der Waals surface area contributed by atoms with Gasteiger partial charge in [0.15, 0.2) is 5.96 Å². The highest BCUT2D eigenvalue weighted by Gasteiger charge is 2.36. The molecule has 3 aliphatic heterocycles. The maximum Gasteiger partial charge on any atom is 0.191 e. The fourth-order valence-electron chi connectivity index (χ4n) is 4.11. The first kappa shape index (κ1) is 16.4. The highest BCUT2D eigenvalue weighted by atomic mass is 32.2. The lowest BCUT2D eigenvalue weighted by molar-refractivity contribution is 0.0520. The number of hydrogen-bond acceptors (Lipinski definition) is 4. The SMILES string of the molecule is CN=C(NCC1(O)CCSC1)NC1CC2CCCC(C1)N2C. The summed E-state index contributed by atoms with van der Waals surface area (Å²) < 4.78 is 0. The van der Waals surface area contributed by atoms with Gasteiger partial charge in [0.2, 0.25) is 0 Å². The first-order chi connectivity index (χ1) is 10.6. The molecule has 0 aliphatic carbocycles. The van der Waals surface area contributed by atoms with E-state index in [0.29, 0.717) is 12.6 Å². The fourth-order valence-corrected chi connectivity index (χ4v) is 5.40. The molecule has 3 atom stereocenters. The van der Waals surface area contributed by atoms with Crippen molar-refractivity contribution >= 4 is 17.7 Å². The molecular formula is C16H30N4OS. The summed E-state index contributed by atoms with van der Waals surface area (Å²) in [6, 6.07) is 1.95. The van der Waals surface area contributed by atoms with Crippen LogP contribution in [0.3, 0.4) is 0 Å². The summed E-state index contributed by atoms with van der Waals surface area (Å²) >= 11 is 1.83. The molecule has 3 saturated heterocycles. The van der Waals surface area contributed by atoms with Crippen molar-refractivity contribution in [2.45, 2.75) is 62.3 Å². The molecule has 3 rings (SSSR count). The van der Waals surface area contributed by atoms with Crippen molar-refractivity contribution in [3.05, 3.63) is 0 Å². The summed E-state index contributed by atoms with van der Waals surface area (Å²) in [6.45, 7) is 0.596. The first-order valence-electron chi connectivity index (χ1n) is 8.59. The number of aliphatic imine (C=N–C) groups is 1. The number of aliphatic hydroxyl groups is 1. The Morgan fingerprint density at radius 1 is 1.36 bits per heavy atom. The molecule has 6 heteroatoms. The molecule has 0 spiro atoms. The normalized spacial score (nSPS) is 39.8. The molecular weight excluding hydrogens is 296 g/mol. The van der Waals surface area contributed by atoms with E-state index in [4.69, 9.17) is 0 Å². The van der Waals surface area contributed by atoms with Crippen LogP contribution >= 0.6 is 11.8 Å². The Kier molecular flexibility index (Phi) is 5.20. The third-order valence-corrected chi connectivity index (χ3v) is 6.81. The largest absolute Gasteiger partial charge is 0.387 e. The van der Waals surface area contributed by atoms with Crippen molar-refractivity contribution in [2.24, 2.45) is 4.99 Å². The molecule has 0 saturated carbocycles. The molecule has 0 amide bonds. The Labute approximate surface area is 138 Å². The third kappa shape index (κ3) is 3.71. The standard InChI is InChI=1S/C16H30N4OS/c1-17-15(18-10-16(21)6-7-22-11-16)19-12-8-13-4-3-5-14(9-12)20(13)2/h12-14,21H,3-11H2,1-2H3,(H2,17,18,19). The minimum atomic E-state index is -0.564. The quantitative estimate of drug-likeness (QED) is 0.534. The van der Waals surface area contributed by atoms with Crippen molar-refractivity contribution in [1.29, 1.82) is 0 Å². The summed E-state index contributed by atoms with van der Waals surface area (Å²) in [5.74, 6) is 2.73. The van der Waals surface area contributed by atoms with Crippen LogP contribution in [0, 0.1) is 0 Å². The molecule has 126 valence electrons. The van der Waals surface area contributed by atoms with E-state index in [-0.39, 0.29) is 0 Å². The number of thioether (sulfide) groups is 1. The van der Waals surface area contributed by atoms with Crippen LogP contribution in [-0.4, -0.2) is 71.8 Å². The van der Waals surface area contributed by atoms with E-state index in [1.54, 1.807) is 0 Å². The van der Waals surface area contributed by atoms with E-state index >= 15 is 0 Å². The summed E-state index contributed by atoms with van der Waals surface area (Å²) in [6.07, 6.45) is 7.31. The minimum absolute atomic E-state index is 0.505. The molecule has 0 aromatic heterocycles. The number of fused-ring (bicyclic) bond motifs is 2. The summed E-state index contributed by atoms with van der Waals surface area (Å²) in [4.78, 5) is 6.93. The second-order valence-electron chi connectivity index (χ2n) is 7.17. The Bertz CT molecular complexity index is 397. The predicted octanol–water partition coefficient (Wildman–Crippen LogP) is 1.03. The minimum Gasteiger partial charge on any atom is -0.387 e. The van der Waals surface area contributed by atoms with Gasteiger partial charge in [-0.1, -0.05) is 6.42 Å². The lowest BCUT2D eigenvalue weighted by Gasteiger charge is -2.47. The molecule has 3 fully saturated rings. The Balaban J connectivity index is 1.50. The van der Waals surface area contributed by atoms with Gasteiger partial charge in [-0.3, -0.25) is 4.99 Å². The van der Waals surface area contributed by atoms with Crippen LogP contribution in [0.15, 0.2) is 4.99 Å². The summed E-state index contributed by atoms with van der Waals surface area (Å²) in [5.41, 5.74) is -0.564. The number of nitrogens with zero attached hydrogens (tertiary/aromatic N) is 2. The topological polar surface area (TPSA) is 59.9 Å². The van der Waals surface area contributed by atoms with Gasteiger partial charge >= 0.3 is 0 Å². The van der Waals surface area contributed by atoms with Gasteiger partial charge in [0.05, 0.1) is 5.60 Å². The van der Waals surface area contributed by atoms with E-state index in [1.807, 2.05) is 18.8 Å². The van der Waals surface area contributed by atoms with Crippen LogP contribution < -0.4 is 10.6 Å². The molecule has 5 nitrogen and oxygen atoms in total. The van der Waals surface area contributed by atoms with Crippen LogP contribution in [-0.2, 0) is 0 Å². The molecule has 3 aliphatic rings. The molecule has 22 heavy (non-hydrogen) atoms. The lowest BCUT2D eigenvalue weighted by atomic mass is 9.82. The van der Waals surface area contributed by atoms with Crippen molar-refractivity contribution in [2.75, 3.05) is 32.1 Å². The number of piperidine rings is 2. The van der Waals surface area contributed by atoms with Gasteiger partial charge in [-0.2, -0.15) is 11.8 Å². The van der Waals surface area contributed by atoms with Gasteiger partial charge in [0.25, 0.3) is 0 Å². The van der Waals surface area contributed by atoms with Crippen LogP contribution in [0.25, 0.3) is 0 Å². The predicted molar refractivity (Wildman–Crippen MR) is 93.6 cm³/mol. The third-order valence-electron chi connectivity index (χ3n) is 5.57. The number of rotatable bonds is 3. The van der Waals surface area contributed by atoms with Gasteiger partial charge in [-0.15, -0.1) is 0 Å². The van der Waals surface area contributed by atoms with Crippen molar-refractivity contribution < 1.29 is 5.11 Å². The van der Waals surface area contributed by atoms with E-state index in [9.17, 15) is 5.11 Å². The van der Waals surface area contributed by atoms with Crippen LogP contribution in [0.2, 0.25) is 0 Å². The van der Waals surface area contributed by atoms with Gasteiger partial charge in [0, 0.05) is 37.5 Å². The number of hydrogen-bond donors (Lipinski definition) is 3. The summed E-state index contributed by atoms with van der Waals surface area (Å²) in [5, 5.41) is 17.4. The average molecular weight is 327 g/mol. The second-order valence-corrected chi connectivity index (χ2v) is 8.27. The Hall–Kier alpha value is -0.460. The molecule has 3 unspecified atom stereocenters. The van der Waals surface area contributed by atoms with Gasteiger partial charge in [0.1, 0.15) is 0 Å². The molecule has 3 heterocycles. The second kappa shape index (κ2) is 6.97. The smallest absolute Gasteiger partial charge is 0.191 e. The zero-order valence-corrected chi connectivity index (χ0v) is 14.7. The number of guanidine groups is 1.